The van der Waals surface area contributed by atoms with E-state index in [1.54, 1.807) is 12.4 Å². The molecule has 2 amide bonds. The third kappa shape index (κ3) is 11.3. The van der Waals surface area contributed by atoms with Gasteiger partial charge in [0.2, 0.25) is 5.91 Å². The number of para-hydroxylation sites is 2. The van der Waals surface area contributed by atoms with Crippen LogP contribution in [0.5, 0.6) is 23.0 Å². The summed E-state index contributed by atoms with van der Waals surface area (Å²) in [6, 6.07) is 33.9. The molecule has 0 aliphatic heterocycles. The summed E-state index contributed by atoms with van der Waals surface area (Å²) in [6.45, 7) is 0. The van der Waals surface area contributed by atoms with Gasteiger partial charge in [-0.05, 0) is 72.5 Å². The topological polar surface area (TPSA) is 107 Å². The highest BCUT2D eigenvalue weighted by atomic mass is 16.5. The molecule has 4 aromatic carbocycles. The summed E-state index contributed by atoms with van der Waals surface area (Å²) < 4.78 is 11.9. The zero-order valence-electron chi connectivity index (χ0n) is 24.0. The number of carbonyl (C=O) groups excluding carboxylic acids is 2. The van der Waals surface area contributed by atoms with Gasteiger partial charge in [-0.1, -0.05) is 79.9 Å². The van der Waals surface area contributed by atoms with E-state index >= 15 is 0 Å². The standard InChI is InChI=1S/C35H36N4O4/c36-34(40)22-10-2-1-3-11-23-35(41)39(37-26-28-14-12-20-32(24-28)42-30-16-6-4-7-17-30)38-27-29-15-13-21-33(25-29)43-31-18-8-5-9-19-31/h4-9,12-21,24-27H,1-3,10-11,22-23H2,(H2,36,40)/b37-26+,38-27+. The fourth-order valence-corrected chi connectivity index (χ4v) is 4.17. The zero-order chi connectivity index (χ0) is 30.1. The number of hydrogen-bond donors (Lipinski definition) is 1. The molecule has 220 valence electrons. The van der Waals surface area contributed by atoms with Gasteiger partial charge in [-0.2, -0.15) is 10.2 Å². The van der Waals surface area contributed by atoms with Crippen LogP contribution in [0, 0.1) is 0 Å². The van der Waals surface area contributed by atoms with Gasteiger partial charge in [-0.25, -0.2) is 0 Å². The summed E-state index contributed by atoms with van der Waals surface area (Å²) in [5.74, 6) is 2.26. The van der Waals surface area contributed by atoms with Gasteiger partial charge in [0.15, 0.2) is 0 Å². The van der Waals surface area contributed by atoms with E-state index in [4.69, 9.17) is 15.2 Å². The maximum absolute atomic E-state index is 13.2. The molecule has 4 rings (SSSR count). The van der Waals surface area contributed by atoms with E-state index in [0.717, 1.165) is 53.4 Å². The van der Waals surface area contributed by atoms with Gasteiger partial charge in [0.1, 0.15) is 23.0 Å². The summed E-state index contributed by atoms with van der Waals surface area (Å²) >= 11 is 0. The Morgan fingerprint density at radius 1 is 0.581 bits per heavy atom. The molecule has 0 bridgehead atoms. The maximum atomic E-state index is 13.2. The molecular weight excluding hydrogens is 540 g/mol. The SMILES string of the molecule is NC(=O)CCCCCCCC(=O)N(/N=C/c1cccc(Oc2ccccc2)c1)/N=C/c1cccc(Oc2ccccc2)c1. The Balaban J connectivity index is 1.43. The fraction of sp³-hybridized carbons (Fsp3) is 0.200. The normalized spacial score (nSPS) is 11.1. The molecule has 0 unspecified atom stereocenters. The minimum absolute atomic E-state index is 0.224. The molecular formula is C35H36N4O4. The van der Waals surface area contributed by atoms with Crippen molar-refractivity contribution in [2.45, 2.75) is 44.9 Å². The third-order valence-electron chi connectivity index (χ3n) is 6.34. The predicted octanol–water partition coefficient (Wildman–Crippen LogP) is 7.68. The predicted molar refractivity (Wildman–Crippen MR) is 169 cm³/mol. The number of primary amides is 1. The summed E-state index contributed by atoms with van der Waals surface area (Å²) in [5.41, 5.74) is 6.72. The number of benzene rings is 4. The minimum Gasteiger partial charge on any atom is -0.457 e. The van der Waals surface area contributed by atoms with Crippen LogP contribution < -0.4 is 15.2 Å². The van der Waals surface area contributed by atoms with Crippen molar-refractivity contribution in [1.29, 1.82) is 0 Å². The number of unbranched alkanes of at least 4 members (excludes halogenated alkanes) is 4. The van der Waals surface area contributed by atoms with Crippen LogP contribution in [0.1, 0.15) is 56.1 Å². The molecule has 4 aromatic rings. The number of hydrogen-bond acceptors (Lipinski definition) is 6. The Kier molecular flexibility index (Phi) is 12.1. The Labute approximate surface area is 252 Å². The number of nitrogens with two attached hydrogens (primary N) is 1. The minimum atomic E-state index is -0.282. The van der Waals surface area contributed by atoms with Gasteiger partial charge >= 0.3 is 0 Å². The van der Waals surface area contributed by atoms with Gasteiger partial charge in [0.05, 0.1) is 12.4 Å². The largest absolute Gasteiger partial charge is 0.457 e. The van der Waals surface area contributed by atoms with Crippen LogP contribution in [0.3, 0.4) is 0 Å². The second-order valence-electron chi connectivity index (χ2n) is 9.88. The van der Waals surface area contributed by atoms with Crippen molar-refractivity contribution < 1.29 is 19.1 Å². The van der Waals surface area contributed by atoms with Crippen molar-refractivity contribution in [3.63, 3.8) is 0 Å². The summed E-state index contributed by atoms with van der Waals surface area (Å²) in [4.78, 5) is 24.1. The van der Waals surface area contributed by atoms with E-state index in [9.17, 15) is 9.59 Å². The van der Waals surface area contributed by atoms with Crippen molar-refractivity contribution in [1.82, 2.24) is 5.12 Å². The molecule has 0 aliphatic rings. The molecule has 8 nitrogen and oxygen atoms in total. The molecule has 0 aliphatic carbocycles. The monoisotopic (exact) mass is 576 g/mol. The molecule has 43 heavy (non-hydrogen) atoms. The molecule has 0 spiro atoms. The van der Waals surface area contributed by atoms with Crippen molar-refractivity contribution in [2.24, 2.45) is 15.9 Å². The van der Waals surface area contributed by atoms with E-state index in [0.29, 0.717) is 30.8 Å². The van der Waals surface area contributed by atoms with Crippen LogP contribution in [0.25, 0.3) is 0 Å². The highest BCUT2D eigenvalue weighted by Gasteiger charge is 2.11. The Morgan fingerprint density at radius 3 is 1.51 bits per heavy atom. The lowest BCUT2D eigenvalue weighted by Crippen LogP contribution is -2.20. The van der Waals surface area contributed by atoms with Crippen molar-refractivity contribution in [3.8, 4) is 23.0 Å². The smallest absolute Gasteiger partial charge is 0.264 e. The maximum Gasteiger partial charge on any atom is 0.264 e. The number of carbonyl (C=O) groups is 2. The van der Waals surface area contributed by atoms with Crippen LogP contribution in [0.2, 0.25) is 0 Å². The van der Waals surface area contributed by atoms with Crippen molar-refractivity contribution in [2.75, 3.05) is 0 Å². The van der Waals surface area contributed by atoms with E-state index in [2.05, 4.69) is 10.2 Å². The van der Waals surface area contributed by atoms with Crippen molar-refractivity contribution in [3.05, 3.63) is 120 Å². The summed E-state index contributed by atoms with van der Waals surface area (Å²) in [7, 11) is 0. The average molecular weight is 577 g/mol. The van der Waals surface area contributed by atoms with Gasteiger partial charge in [0.25, 0.3) is 5.91 Å². The molecule has 0 saturated carbocycles. The van der Waals surface area contributed by atoms with Gasteiger partial charge < -0.3 is 15.2 Å². The lowest BCUT2D eigenvalue weighted by molar-refractivity contribution is -0.131. The average Bonchev–Trinajstić information content (AvgIpc) is 3.02. The highest BCUT2D eigenvalue weighted by molar-refractivity contribution is 5.85. The van der Waals surface area contributed by atoms with Crippen LogP contribution in [0.4, 0.5) is 0 Å². The van der Waals surface area contributed by atoms with E-state index in [1.165, 1.54) is 0 Å². The number of hydrazone groups is 2. The Hall–Kier alpha value is -5.24. The number of ether oxygens (including phenoxy) is 2. The molecule has 0 saturated heterocycles. The van der Waals surface area contributed by atoms with E-state index in [-0.39, 0.29) is 11.8 Å². The van der Waals surface area contributed by atoms with E-state index < -0.39 is 0 Å². The molecule has 0 atom stereocenters. The fourth-order valence-electron chi connectivity index (χ4n) is 4.17. The first-order valence-electron chi connectivity index (χ1n) is 14.4. The van der Waals surface area contributed by atoms with Crippen LogP contribution in [-0.4, -0.2) is 29.4 Å². The molecule has 0 radical (unpaired) electrons. The first-order chi connectivity index (χ1) is 21.0. The van der Waals surface area contributed by atoms with Crippen LogP contribution in [-0.2, 0) is 9.59 Å². The molecule has 2 N–H and O–H groups in total. The highest BCUT2D eigenvalue weighted by Crippen LogP contribution is 2.23. The summed E-state index contributed by atoms with van der Waals surface area (Å²) in [6.07, 6.45) is 8.02. The lowest BCUT2D eigenvalue weighted by atomic mass is 10.1. The molecule has 0 heterocycles. The van der Waals surface area contributed by atoms with Crippen molar-refractivity contribution >= 4 is 24.2 Å². The Morgan fingerprint density at radius 2 is 1.02 bits per heavy atom. The number of amides is 2. The number of rotatable bonds is 16. The zero-order valence-corrected chi connectivity index (χ0v) is 24.0. The van der Waals surface area contributed by atoms with Gasteiger partial charge in [0, 0.05) is 12.8 Å². The first-order valence-corrected chi connectivity index (χ1v) is 14.4. The second-order valence-corrected chi connectivity index (χ2v) is 9.88. The van der Waals surface area contributed by atoms with Gasteiger partial charge in [-0.3, -0.25) is 9.59 Å². The second kappa shape index (κ2) is 16.9. The quantitative estimate of drug-likeness (QED) is 0.0838. The van der Waals surface area contributed by atoms with E-state index in [1.807, 2.05) is 109 Å². The van der Waals surface area contributed by atoms with Crippen LogP contribution >= 0.6 is 0 Å². The Bertz CT molecular complexity index is 1410. The van der Waals surface area contributed by atoms with Crippen LogP contribution in [0.15, 0.2) is 119 Å². The molecule has 8 heteroatoms. The third-order valence-corrected chi connectivity index (χ3v) is 6.34. The number of nitrogens with zero attached hydrogens (tertiary/aromatic N) is 3. The first kappa shape index (κ1) is 30.7. The molecule has 0 aromatic heterocycles. The lowest BCUT2D eigenvalue weighted by Gasteiger charge is -2.11. The van der Waals surface area contributed by atoms with Gasteiger partial charge in [-0.15, -0.1) is 5.12 Å². The molecule has 0 fully saturated rings. The summed E-state index contributed by atoms with van der Waals surface area (Å²) in [5, 5.41) is 9.96.